The minimum atomic E-state index is -0.859. The smallest absolute Gasteiger partial charge is 0.209 e. The summed E-state index contributed by atoms with van der Waals surface area (Å²) in [6, 6.07) is 5.86. The molecule has 1 amide bonds. The van der Waals surface area contributed by atoms with Gasteiger partial charge in [-0.15, -0.1) is 0 Å². The summed E-state index contributed by atoms with van der Waals surface area (Å²) in [6.45, 7) is 13.6. The second-order valence-electron chi connectivity index (χ2n) is 7.01. The van der Waals surface area contributed by atoms with Crippen LogP contribution in [0.2, 0.25) is 0 Å². The van der Waals surface area contributed by atoms with Crippen LogP contribution in [0.4, 0.5) is 0 Å². The zero-order valence-electron chi connectivity index (χ0n) is 19.8. The number of carbonyl (C=O) groups excluding carboxylic acids is 2. The molecule has 0 spiro atoms. The molecule has 1 aromatic heterocycles. The van der Waals surface area contributed by atoms with Crippen molar-refractivity contribution in [2.75, 3.05) is 13.6 Å². The number of nitrogens with zero attached hydrogens (tertiary/aromatic N) is 3. The molecule has 0 saturated heterocycles. The van der Waals surface area contributed by atoms with Gasteiger partial charge in [-0.3, -0.25) is 9.59 Å². The summed E-state index contributed by atoms with van der Waals surface area (Å²) < 4.78 is 1.71. The lowest BCUT2D eigenvalue weighted by atomic mass is 10.1. The number of ketones is 1. The third-order valence-electron chi connectivity index (χ3n) is 4.55. The number of rotatable bonds is 8. The Hall–Kier alpha value is -3.43. The van der Waals surface area contributed by atoms with Gasteiger partial charge < -0.3 is 10.0 Å². The summed E-state index contributed by atoms with van der Waals surface area (Å²) >= 11 is 0. The van der Waals surface area contributed by atoms with Gasteiger partial charge in [0.05, 0.1) is 11.2 Å². The lowest BCUT2D eigenvalue weighted by molar-refractivity contribution is -0.117. The van der Waals surface area contributed by atoms with Crippen LogP contribution in [0, 0.1) is 18.8 Å². The van der Waals surface area contributed by atoms with E-state index in [1.165, 1.54) is 11.8 Å². The van der Waals surface area contributed by atoms with Gasteiger partial charge in [-0.05, 0) is 32.1 Å². The SMILES string of the molecule is C=C/C(C#CC(O)CCN(C)C=O)=C\C(=C/C)n1nc(C(C)=O)c2cc(C)ccc21.CC. The van der Waals surface area contributed by atoms with Gasteiger partial charge >= 0.3 is 0 Å². The quantitative estimate of drug-likeness (QED) is 0.289. The zero-order chi connectivity index (χ0) is 24.3. The number of aliphatic hydroxyl groups excluding tert-OH is 1. The molecule has 0 bridgehead atoms. The topological polar surface area (TPSA) is 75.4 Å². The fourth-order valence-corrected chi connectivity index (χ4v) is 2.88. The second-order valence-corrected chi connectivity index (χ2v) is 7.01. The molecule has 2 rings (SSSR count). The molecule has 1 unspecified atom stereocenters. The highest BCUT2D eigenvalue weighted by atomic mass is 16.3. The molecule has 32 heavy (non-hydrogen) atoms. The van der Waals surface area contributed by atoms with Gasteiger partial charge in [0.2, 0.25) is 6.41 Å². The largest absolute Gasteiger partial charge is 0.380 e. The Bertz CT molecular complexity index is 1080. The van der Waals surface area contributed by atoms with Gasteiger partial charge in [-0.2, -0.15) is 5.10 Å². The Labute approximate surface area is 190 Å². The van der Waals surface area contributed by atoms with Crippen molar-refractivity contribution in [3.63, 3.8) is 0 Å². The highest BCUT2D eigenvalue weighted by Gasteiger charge is 2.15. The van der Waals surface area contributed by atoms with Gasteiger partial charge in [-0.25, -0.2) is 4.68 Å². The maximum absolute atomic E-state index is 12.1. The van der Waals surface area contributed by atoms with E-state index in [9.17, 15) is 14.7 Å². The number of benzene rings is 1. The normalized spacial score (nSPS) is 12.2. The van der Waals surface area contributed by atoms with E-state index in [2.05, 4.69) is 23.5 Å². The predicted octanol–water partition coefficient (Wildman–Crippen LogP) is 4.39. The van der Waals surface area contributed by atoms with Crippen molar-refractivity contribution in [2.45, 2.75) is 47.1 Å². The van der Waals surface area contributed by atoms with Crippen molar-refractivity contribution in [2.24, 2.45) is 0 Å². The fourth-order valence-electron chi connectivity index (χ4n) is 2.88. The molecular weight excluding hydrogens is 402 g/mol. The number of carbonyl (C=O) groups is 2. The van der Waals surface area contributed by atoms with Crippen molar-refractivity contribution in [3.05, 3.63) is 59.8 Å². The molecule has 6 heteroatoms. The van der Waals surface area contributed by atoms with Gasteiger partial charge in [0.1, 0.15) is 11.8 Å². The number of Topliss-reactive ketones (excluding diaryl/α,β-unsaturated/α-hetero) is 1. The maximum atomic E-state index is 12.1. The van der Waals surface area contributed by atoms with Crippen LogP contribution < -0.4 is 0 Å². The molecule has 0 aliphatic carbocycles. The van der Waals surface area contributed by atoms with Crippen LogP contribution in [0.1, 0.15) is 50.2 Å². The van der Waals surface area contributed by atoms with Crippen LogP contribution in [0.3, 0.4) is 0 Å². The van der Waals surface area contributed by atoms with Gasteiger partial charge in [0.25, 0.3) is 0 Å². The molecule has 1 N–H and O–H groups in total. The molecule has 0 aliphatic rings. The van der Waals surface area contributed by atoms with E-state index in [4.69, 9.17) is 0 Å². The maximum Gasteiger partial charge on any atom is 0.209 e. The number of hydrogen-bond donors (Lipinski definition) is 1. The van der Waals surface area contributed by atoms with Crippen LogP contribution in [0.25, 0.3) is 16.6 Å². The molecule has 6 nitrogen and oxygen atoms in total. The third-order valence-corrected chi connectivity index (χ3v) is 4.55. The summed E-state index contributed by atoms with van der Waals surface area (Å²) in [5.74, 6) is 5.59. The minimum Gasteiger partial charge on any atom is -0.380 e. The standard InChI is InChI=1S/C24H27N3O3.C2H6/c1-6-19(9-10-21(30)12-13-26(5)16-28)15-20(7-2)27-23-11-8-17(3)14-22(23)24(25-27)18(4)29;1-2/h6-8,11,14-16,21,30H,1,12-13H2,2-5H3;1-2H3/b19-15+,20-7+;. The molecule has 1 atom stereocenters. The monoisotopic (exact) mass is 435 g/mol. The van der Waals surface area contributed by atoms with E-state index >= 15 is 0 Å². The van der Waals surface area contributed by atoms with Crippen LogP contribution in [0.15, 0.2) is 48.6 Å². The highest BCUT2D eigenvalue weighted by Crippen LogP contribution is 2.24. The Morgan fingerprint density at radius 3 is 2.62 bits per heavy atom. The lowest BCUT2D eigenvalue weighted by Gasteiger charge is -2.10. The van der Waals surface area contributed by atoms with E-state index in [-0.39, 0.29) is 5.78 Å². The fraction of sp³-hybridized carbons (Fsp3) is 0.346. The molecule has 0 saturated carbocycles. The number of allylic oxidation sites excluding steroid dienone is 5. The first-order valence-electron chi connectivity index (χ1n) is 10.7. The lowest BCUT2D eigenvalue weighted by Crippen LogP contribution is -2.21. The number of fused-ring (bicyclic) bond motifs is 1. The van der Waals surface area contributed by atoms with Crippen LogP contribution in [-0.4, -0.2) is 51.7 Å². The first-order chi connectivity index (χ1) is 15.3. The van der Waals surface area contributed by atoms with Crippen LogP contribution in [0.5, 0.6) is 0 Å². The van der Waals surface area contributed by atoms with Crippen molar-refractivity contribution < 1.29 is 14.7 Å². The zero-order valence-corrected chi connectivity index (χ0v) is 19.8. The van der Waals surface area contributed by atoms with Crippen LogP contribution >= 0.6 is 0 Å². The average Bonchev–Trinajstić information content (AvgIpc) is 3.17. The van der Waals surface area contributed by atoms with Crippen LogP contribution in [-0.2, 0) is 4.79 Å². The first kappa shape index (κ1) is 26.6. The molecule has 0 aliphatic heterocycles. The van der Waals surface area contributed by atoms with Gasteiger partial charge in [-0.1, -0.05) is 56.0 Å². The predicted molar refractivity (Wildman–Crippen MR) is 131 cm³/mol. The number of hydrogen-bond acceptors (Lipinski definition) is 4. The summed E-state index contributed by atoms with van der Waals surface area (Å²) in [6.07, 6.45) is 5.48. The van der Waals surface area contributed by atoms with Crippen molar-refractivity contribution in [1.82, 2.24) is 14.7 Å². The van der Waals surface area contributed by atoms with E-state index in [0.717, 1.165) is 22.2 Å². The Balaban J connectivity index is 0.00000249. The minimum absolute atomic E-state index is 0.101. The van der Waals surface area contributed by atoms with Crippen molar-refractivity contribution in [1.29, 1.82) is 0 Å². The molecule has 0 fully saturated rings. The summed E-state index contributed by atoms with van der Waals surface area (Å²) in [5.41, 5.74) is 3.63. The Kier molecular flexibility index (Phi) is 10.9. The number of aryl methyl sites for hydroxylation is 1. The molecule has 170 valence electrons. The first-order valence-corrected chi connectivity index (χ1v) is 10.7. The van der Waals surface area contributed by atoms with E-state index < -0.39 is 6.10 Å². The Morgan fingerprint density at radius 1 is 1.38 bits per heavy atom. The molecule has 0 radical (unpaired) electrons. The third kappa shape index (κ3) is 7.07. The number of aliphatic hydroxyl groups is 1. The van der Waals surface area contributed by atoms with E-state index in [0.29, 0.717) is 30.6 Å². The van der Waals surface area contributed by atoms with Crippen molar-refractivity contribution in [3.8, 4) is 11.8 Å². The molecule has 1 heterocycles. The number of amides is 1. The Morgan fingerprint density at radius 2 is 2.06 bits per heavy atom. The summed E-state index contributed by atoms with van der Waals surface area (Å²) in [7, 11) is 1.64. The van der Waals surface area contributed by atoms with Gasteiger partial charge in [0, 0.05) is 37.9 Å². The van der Waals surface area contributed by atoms with Crippen molar-refractivity contribution >= 4 is 28.8 Å². The summed E-state index contributed by atoms with van der Waals surface area (Å²) in [5, 5.41) is 15.4. The highest BCUT2D eigenvalue weighted by molar-refractivity contribution is 6.05. The molecular formula is C26H33N3O3. The van der Waals surface area contributed by atoms with E-state index in [1.807, 2.05) is 52.0 Å². The molecule has 2 aromatic rings. The molecule has 1 aromatic carbocycles. The van der Waals surface area contributed by atoms with Gasteiger partial charge in [0.15, 0.2) is 5.78 Å². The average molecular weight is 436 g/mol. The van der Waals surface area contributed by atoms with E-state index in [1.54, 1.807) is 23.9 Å². The number of aromatic nitrogens is 2. The second kappa shape index (κ2) is 13.1. The summed E-state index contributed by atoms with van der Waals surface area (Å²) in [4.78, 5) is 24.2.